The average Bonchev–Trinajstić information content (AvgIpc) is 3.10. The summed E-state index contributed by atoms with van der Waals surface area (Å²) < 4.78 is 5.92. The molecular formula is C24H28N2O. The molecule has 0 aromatic heterocycles. The lowest BCUT2D eigenvalue weighted by atomic mass is 10.0. The zero-order valence-corrected chi connectivity index (χ0v) is 16.5. The molecule has 3 aromatic carbocycles. The Hall–Kier alpha value is -2.52. The maximum absolute atomic E-state index is 5.92. The first-order valence-electron chi connectivity index (χ1n) is 9.77. The normalized spacial score (nSPS) is 14.6. The van der Waals surface area contributed by atoms with E-state index in [4.69, 9.17) is 4.74 Å². The average molecular weight is 361 g/mol. The monoisotopic (exact) mass is 360 g/mol. The van der Waals surface area contributed by atoms with E-state index >= 15 is 0 Å². The number of hydrogen-bond acceptors (Lipinski definition) is 3. The van der Waals surface area contributed by atoms with Crippen LogP contribution in [0, 0.1) is 0 Å². The van der Waals surface area contributed by atoms with E-state index < -0.39 is 0 Å². The summed E-state index contributed by atoms with van der Waals surface area (Å²) in [5.74, 6) is 0.945. The van der Waals surface area contributed by atoms with E-state index in [0.717, 1.165) is 25.3 Å². The molecule has 0 radical (unpaired) electrons. The SMILES string of the molecule is C[C@H](c1ccc2ccc(OCCN(C)C)cc2c1)N1CCc2ccccc21. The molecule has 0 aliphatic carbocycles. The summed E-state index contributed by atoms with van der Waals surface area (Å²) in [6, 6.07) is 22.3. The van der Waals surface area contributed by atoms with E-state index in [9.17, 15) is 0 Å². The zero-order valence-electron chi connectivity index (χ0n) is 16.5. The van der Waals surface area contributed by atoms with Crippen LogP contribution in [0.1, 0.15) is 24.1 Å². The summed E-state index contributed by atoms with van der Waals surface area (Å²) in [6.07, 6.45) is 1.14. The minimum atomic E-state index is 0.358. The Morgan fingerprint density at radius 3 is 2.67 bits per heavy atom. The molecule has 0 saturated carbocycles. The molecular weight excluding hydrogens is 332 g/mol. The Bertz CT molecular complexity index is 935. The van der Waals surface area contributed by atoms with Gasteiger partial charge in [0.1, 0.15) is 12.4 Å². The van der Waals surface area contributed by atoms with Crippen LogP contribution in [0.2, 0.25) is 0 Å². The maximum Gasteiger partial charge on any atom is 0.120 e. The molecule has 1 aliphatic rings. The van der Waals surface area contributed by atoms with Crippen molar-refractivity contribution >= 4 is 16.5 Å². The standard InChI is InChI=1S/C24H28N2O/c1-18(26-13-12-20-6-4-5-7-24(20)26)21-9-8-19-10-11-23(17-22(19)16-21)27-15-14-25(2)3/h4-11,16-18H,12-15H2,1-3H3/t18-/m1/s1. The van der Waals surface area contributed by atoms with Crippen LogP contribution in [0.4, 0.5) is 5.69 Å². The van der Waals surface area contributed by atoms with Gasteiger partial charge < -0.3 is 14.5 Å². The molecule has 3 nitrogen and oxygen atoms in total. The van der Waals surface area contributed by atoms with Crippen molar-refractivity contribution in [3.05, 3.63) is 71.8 Å². The molecule has 0 bridgehead atoms. The minimum absolute atomic E-state index is 0.358. The highest BCUT2D eigenvalue weighted by atomic mass is 16.5. The number of hydrogen-bond donors (Lipinski definition) is 0. The number of fused-ring (bicyclic) bond motifs is 2. The van der Waals surface area contributed by atoms with E-state index in [2.05, 4.69) is 91.5 Å². The van der Waals surface area contributed by atoms with Crippen LogP contribution >= 0.6 is 0 Å². The smallest absolute Gasteiger partial charge is 0.120 e. The third kappa shape index (κ3) is 3.79. The van der Waals surface area contributed by atoms with Gasteiger partial charge in [0.05, 0.1) is 6.04 Å². The molecule has 0 unspecified atom stereocenters. The molecule has 0 fully saturated rings. The van der Waals surface area contributed by atoms with Gasteiger partial charge in [-0.15, -0.1) is 0 Å². The number of ether oxygens (including phenoxy) is 1. The van der Waals surface area contributed by atoms with Gasteiger partial charge in [0.15, 0.2) is 0 Å². The van der Waals surface area contributed by atoms with Crippen molar-refractivity contribution in [1.29, 1.82) is 0 Å². The van der Waals surface area contributed by atoms with E-state index in [1.54, 1.807) is 0 Å². The Labute approximate surface area is 162 Å². The Kier molecular flexibility index (Phi) is 5.04. The summed E-state index contributed by atoms with van der Waals surface area (Å²) in [7, 11) is 4.13. The highest BCUT2D eigenvalue weighted by Gasteiger charge is 2.23. The topological polar surface area (TPSA) is 15.7 Å². The number of anilines is 1. The number of rotatable bonds is 6. The number of para-hydroxylation sites is 1. The molecule has 0 amide bonds. The largest absolute Gasteiger partial charge is 0.492 e. The maximum atomic E-state index is 5.92. The van der Waals surface area contributed by atoms with Crippen molar-refractivity contribution in [3.63, 3.8) is 0 Å². The summed E-state index contributed by atoms with van der Waals surface area (Å²) in [4.78, 5) is 4.66. The van der Waals surface area contributed by atoms with Crippen LogP contribution in [0.3, 0.4) is 0 Å². The number of nitrogens with zero attached hydrogens (tertiary/aromatic N) is 2. The Balaban J connectivity index is 1.57. The van der Waals surface area contributed by atoms with E-state index in [1.165, 1.54) is 27.6 Å². The zero-order chi connectivity index (χ0) is 18.8. The van der Waals surface area contributed by atoms with Gasteiger partial charge in [-0.3, -0.25) is 0 Å². The second kappa shape index (κ2) is 7.61. The van der Waals surface area contributed by atoms with Crippen LogP contribution in [0.25, 0.3) is 10.8 Å². The van der Waals surface area contributed by atoms with Crippen LogP contribution in [0.5, 0.6) is 5.75 Å². The first-order chi connectivity index (χ1) is 13.1. The Morgan fingerprint density at radius 2 is 1.81 bits per heavy atom. The molecule has 140 valence electrons. The predicted molar refractivity (Wildman–Crippen MR) is 114 cm³/mol. The minimum Gasteiger partial charge on any atom is -0.492 e. The van der Waals surface area contributed by atoms with Crippen LogP contribution in [-0.2, 0) is 6.42 Å². The summed E-state index contributed by atoms with van der Waals surface area (Å²) >= 11 is 0. The predicted octanol–water partition coefficient (Wildman–Crippen LogP) is 4.90. The molecule has 0 spiro atoms. The third-order valence-electron chi connectivity index (χ3n) is 5.52. The van der Waals surface area contributed by atoms with Crippen LogP contribution < -0.4 is 9.64 Å². The quantitative estimate of drug-likeness (QED) is 0.621. The molecule has 1 atom stereocenters. The molecule has 3 heteroatoms. The van der Waals surface area contributed by atoms with Gasteiger partial charge >= 0.3 is 0 Å². The van der Waals surface area contributed by atoms with Crippen molar-refractivity contribution in [1.82, 2.24) is 4.90 Å². The van der Waals surface area contributed by atoms with Gasteiger partial charge in [0, 0.05) is 18.8 Å². The van der Waals surface area contributed by atoms with Crippen molar-refractivity contribution < 1.29 is 4.74 Å². The summed E-state index contributed by atoms with van der Waals surface area (Å²) in [5, 5.41) is 2.50. The van der Waals surface area contributed by atoms with Gasteiger partial charge in [-0.2, -0.15) is 0 Å². The van der Waals surface area contributed by atoms with Gasteiger partial charge in [0.2, 0.25) is 0 Å². The summed E-state index contributed by atoms with van der Waals surface area (Å²) in [5.41, 5.74) is 4.19. The first kappa shape index (κ1) is 17.9. The fourth-order valence-corrected chi connectivity index (χ4v) is 3.89. The second-order valence-corrected chi connectivity index (χ2v) is 7.67. The van der Waals surface area contributed by atoms with Gasteiger partial charge in [-0.1, -0.05) is 36.4 Å². The molecule has 27 heavy (non-hydrogen) atoms. The van der Waals surface area contributed by atoms with Gasteiger partial charge in [-0.25, -0.2) is 0 Å². The molecule has 3 aromatic rings. The lowest BCUT2D eigenvalue weighted by molar-refractivity contribution is 0.261. The molecule has 4 rings (SSSR count). The van der Waals surface area contributed by atoms with Gasteiger partial charge in [0.25, 0.3) is 0 Å². The first-order valence-corrected chi connectivity index (χ1v) is 9.77. The third-order valence-corrected chi connectivity index (χ3v) is 5.52. The van der Waals surface area contributed by atoms with E-state index in [0.29, 0.717) is 12.6 Å². The lowest BCUT2D eigenvalue weighted by Gasteiger charge is -2.28. The van der Waals surface area contributed by atoms with Crippen LogP contribution in [-0.4, -0.2) is 38.7 Å². The fraction of sp³-hybridized carbons (Fsp3) is 0.333. The number of benzene rings is 3. The van der Waals surface area contributed by atoms with Crippen LogP contribution in [0.15, 0.2) is 60.7 Å². The highest BCUT2D eigenvalue weighted by molar-refractivity contribution is 5.84. The Morgan fingerprint density at radius 1 is 1.00 bits per heavy atom. The van der Waals surface area contributed by atoms with Crippen molar-refractivity contribution in [2.75, 3.05) is 38.7 Å². The molecule has 1 heterocycles. The second-order valence-electron chi connectivity index (χ2n) is 7.67. The molecule has 0 N–H and O–H groups in total. The molecule has 1 aliphatic heterocycles. The van der Waals surface area contributed by atoms with Gasteiger partial charge in [-0.05, 0) is 73.6 Å². The van der Waals surface area contributed by atoms with Crippen molar-refractivity contribution in [3.8, 4) is 5.75 Å². The van der Waals surface area contributed by atoms with Crippen molar-refractivity contribution in [2.45, 2.75) is 19.4 Å². The van der Waals surface area contributed by atoms with E-state index in [1.807, 2.05) is 0 Å². The lowest BCUT2D eigenvalue weighted by Crippen LogP contribution is -2.24. The molecule has 0 saturated heterocycles. The fourth-order valence-electron chi connectivity index (χ4n) is 3.89. The van der Waals surface area contributed by atoms with E-state index in [-0.39, 0.29) is 0 Å². The highest BCUT2D eigenvalue weighted by Crippen LogP contribution is 2.35. The van der Waals surface area contributed by atoms with Crippen molar-refractivity contribution in [2.24, 2.45) is 0 Å². The number of likely N-dealkylation sites (N-methyl/N-ethyl adjacent to an activating group) is 1. The summed E-state index contributed by atoms with van der Waals surface area (Å²) in [6.45, 7) is 5.02.